The van der Waals surface area contributed by atoms with Gasteiger partial charge in [0.2, 0.25) is 0 Å². The molecule has 0 amide bonds. The first-order valence-electron chi connectivity index (χ1n) is 5.14. The Morgan fingerprint density at radius 1 is 1.21 bits per heavy atom. The summed E-state index contributed by atoms with van der Waals surface area (Å²) < 4.78 is 0. The highest BCUT2D eigenvalue weighted by atomic mass is 33.1. The maximum atomic E-state index is 3.51. The lowest BCUT2D eigenvalue weighted by Gasteiger charge is -2.29. The van der Waals surface area contributed by atoms with E-state index in [0.717, 1.165) is 11.3 Å². The van der Waals surface area contributed by atoms with Gasteiger partial charge >= 0.3 is 0 Å². The van der Waals surface area contributed by atoms with Crippen LogP contribution >= 0.6 is 33.3 Å². The minimum atomic E-state index is 0.782. The molecule has 0 aromatic rings. The molecule has 2 aliphatic heterocycles. The molecule has 2 nitrogen and oxygen atoms in total. The SMILES string of the molecule is CSC1CNCC1N1CCSSCC1. The first-order chi connectivity index (χ1) is 6.92. The molecule has 0 radical (unpaired) electrons. The third kappa shape index (κ3) is 2.76. The van der Waals surface area contributed by atoms with Crippen molar-refractivity contribution in [1.29, 1.82) is 0 Å². The van der Waals surface area contributed by atoms with E-state index in [-0.39, 0.29) is 0 Å². The molecule has 2 heterocycles. The first-order valence-corrected chi connectivity index (χ1v) is 8.91. The summed E-state index contributed by atoms with van der Waals surface area (Å²) in [4.78, 5) is 2.69. The molecule has 2 atom stereocenters. The molecular formula is C9H18N2S3. The van der Waals surface area contributed by atoms with E-state index >= 15 is 0 Å². The van der Waals surface area contributed by atoms with Gasteiger partial charge in [-0.2, -0.15) is 11.8 Å². The van der Waals surface area contributed by atoms with Crippen LogP contribution in [0.2, 0.25) is 0 Å². The van der Waals surface area contributed by atoms with E-state index in [2.05, 4.69) is 16.5 Å². The van der Waals surface area contributed by atoms with E-state index < -0.39 is 0 Å². The van der Waals surface area contributed by atoms with Crippen LogP contribution in [-0.4, -0.2) is 60.1 Å². The molecule has 0 aliphatic carbocycles. The largest absolute Gasteiger partial charge is 0.314 e. The van der Waals surface area contributed by atoms with Crippen molar-refractivity contribution in [3.63, 3.8) is 0 Å². The molecule has 14 heavy (non-hydrogen) atoms. The van der Waals surface area contributed by atoms with Crippen LogP contribution in [0.25, 0.3) is 0 Å². The Morgan fingerprint density at radius 3 is 2.57 bits per heavy atom. The maximum absolute atomic E-state index is 3.51. The van der Waals surface area contributed by atoms with E-state index in [9.17, 15) is 0 Å². The number of nitrogens with zero attached hydrogens (tertiary/aromatic N) is 1. The fraction of sp³-hybridized carbons (Fsp3) is 1.00. The fourth-order valence-corrected chi connectivity index (χ4v) is 4.99. The van der Waals surface area contributed by atoms with Crippen molar-refractivity contribution in [2.24, 2.45) is 0 Å². The van der Waals surface area contributed by atoms with Crippen LogP contribution in [0.5, 0.6) is 0 Å². The molecule has 82 valence electrons. The maximum Gasteiger partial charge on any atom is 0.0352 e. The molecule has 0 aromatic heterocycles. The zero-order valence-electron chi connectivity index (χ0n) is 8.57. The minimum absolute atomic E-state index is 0.782. The van der Waals surface area contributed by atoms with Crippen LogP contribution in [0.4, 0.5) is 0 Å². The van der Waals surface area contributed by atoms with Gasteiger partial charge in [0.15, 0.2) is 0 Å². The number of nitrogens with one attached hydrogen (secondary N) is 1. The van der Waals surface area contributed by atoms with Crippen LogP contribution in [0.15, 0.2) is 0 Å². The van der Waals surface area contributed by atoms with Gasteiger partial charge < -0.3 is 5.32 Å². The van der Waals surface area contributed by atoms with Crippen molar-refractivity contribution >= 4 is 33.3 Å². The highest BCUT2D eigenvalue weighted by molar-refractivity contribution is 8.76. The van der Waals surface area contributed by atoms with Crippen molar-refractivity contribution in [2.45, 2.75) is 11.3 Å². The van der Waals surface area contributed by atoms with E-state index in [1.807, 2.05) is 33.3 Å². The number of thioether (sulfide) groups is 1. The second-order valence-electron chi connectivity index (χ2n) is 3.68. The predicted molar refractivity (Wildman–Crippen MR) is 70.4 cm³/mol. The Morgan fingerprint density at radius 2 is 1.93 bits per heavy atom. The Labute approximate surface area is 98.7 Å². The fourth-order valence-electron chi connectivity index (χ4n) is 2.12. The van der Waals surface area contributed by atoms with Gasteiger partial charge in [-0.15, -0.1) is 0 Å². The van der Waals surface area contributed by atoms with Crippen molar-refractivity contribution in [3.8, 4) is 0 Å². The summed E-state index contributed by atoms with van der Waals surface area (Å²) in [7, 11) is 4.07. The predicted octanol–water partition coefficient (Wildman–Crippen LogP) is 1.39. The summed E-state index contributed by atoms with van der Waals surface area (Å²) in [6.45, 7) is 4.95. The van der Waals surface area contributed by atoms with Crippen LogP contribution in [-0.2, 0) is 0 Å². The lowest BCUT2D eigenvalue weighted by atomic mass is 10.2. The van der Waals surface area contributed by atoms with E-state index in [1.165, 1.54) is 37.7 Å². The highest BCUT2D eigenvalue weighted by Crippen LogP contribution is 2.27. The Balaban J connectivity index is 1.91. The molecule has 2 aliphatic rings. The van der Waals surface area contributed by atoms with Crippen LogP contribution in [0, 0.1) is 0 Å². The van der Waals surface area contributed by atoms with Gasteiger partial charge in [0.05, 0.1) is 0 Å². The smallest absolute Gasteiger partial charge is 0.0352 e. The Kier molecular flexibility index (Phi) is 4.82. The number of hydrogen-bond donors (Lipinski definition) is 1. The summed E-state index contributed by atoms with van der Waals surface area (Å²) in [6, 6.07) is 0.782. The van der Waals surface area contributed by atoms with Crippen LogP contribution in [0.1, 0.15) is 0 Å². The van der Waals surface area contributed by atoms with E-state index in [1.54, 1.807) is 0 Å². The van der Waals surface area contributed by atoms with Gasteiger partial charge in [-0.05, 0) is 6.26 Å². The normalized spacial score (nSPS) is 35.8. The van der Waals surface area contributed by atoms with Crippen molar-refractivity contribution in [3.05, 3.63) is 0 Å². The summed E-state index contributed by atoms with van der Waals surface area (Å²) in [5, 5.41) is 4.32. The second-order valence-corrected chi connectivity index (χ2v) is 7.46. The molecule has 0 bridgehead atoms. The number of hydrogen-bond acceptors (Lipinski definition) is 5. The molecule has 2 saturated heterocycles. The van der Waals surface area contributed by atoms with Gasteiger partial charge in [-0.1, -0.05) is 21.6 Å². The zero-order chi connectivity index (χ0) is 9.80. The topological polar surface area (TPSA) is 15.3 Å². The average molecular weight is 250 g/mol. The summed E-state index contributed by atoms with van der Waals surface area (Å²) in [5.74, 6) is 2.59. The summed E-state index contributed by atoms with van der Waals surface area (Å²) >= 11 is 2.02. The minimum Gasteiger partial charge on any atom is -0.314 e. The molecule has 5 heteroatoms. The van der Waals surface area contributed by atoms with Gasteiger partial charge in [0, 0.05) is 49.0 Å². The Bertz CT molecular complexity index is 171. The second kappa shape index (κ2) is 5.89. The van der Waals surface area contributed by atoms with E-state index in [0.29, 0.717) is 0 Å². The number of rotatable bonds is 2. The lowest BCUT2D eigenvalue weighted by molar-refractivity contribution is 0.240. The van der Waals surface area contributed by atoms with Crippen LogP contribution < -0.4 is 5.32 Å². The van der Waals surface area contributed by atoms with Crippen molar-refractivity contribution in [2.75, 3.05) is 43.9 Å². The first kappa shape index (κ1) is 11.5. The van der Waals surface area contributed by atoms with E-state index in [4.69, 9.17) is 0 Å². The molecule has 2 rings (SSSR count). The van der Waals surface area contributed by atoms with Gasteiger partial charge in [-0.3, -0.25) is 4.90 Å². The molecule has 0 saturated carbocycles. The third-order valence-corrected chi connectivity index (χ3v) is 6.36. The zero-order valence-corrected chi connectivity index (χ0v) is 11.0. The van der Waals surface area contributed by atoms with Crippen molar-refractivity contribution < 1.29 is 0 Å². The van der Waals surface area contributed by atoms with Gasteiger partial charge in [0.1, 0.15) is 0 Å². The molecule has 0 spiro atoms. The van der Waals surface area contributed by atoms with Gasteiger partial charge in [-0.25, -0.2) is 0 Å². The highest BCUT2D eigenvalue weighted by Gasteiger charge is 2.31. The monoisotopic (exact) mass is 250 g/mol. The quantitative estimate of drug-likeness (QED) is 0.743. The molecular weight excluding hydrogens is 232 g/mol. The molecule has 0 aromatic carbocycles. The Hall–Kier alpha value is 0.970. The molecule has 2 unspecified atom stereocenters. The van der Waals surface area contributed by atoms with Crippen LogP contribution in [0.3, 0.4) is 0 Å². The third-order valence-electron chi connectivity index (χ3n) is 2.91. The summed E-state index contributed by atoms with van der Waals surface area (Å²) in [6.07, 6.45) is 2.24. The van der Waals surface area contributed by atoms with Crippen molar-refractivity contribution in [1.82, 2.24) is 10.2 Å². The molecule has 2 fully saturated rings. The van der Waals surface area contributed by atoms with Gasteiger partial charge in [0.25, 0.3) is 0 Å². The lowest BCUT2D eigenvalue weighted by Crippen LogP contribution is -2.43. The average Bonchev–Trinajstić information content (AvgIpc) is 2.52. The summed E-state index contributed by atoms with van der Waals surface area (Å²) in [5.41, 5.74) is 0. The standard InChI is InChI=1S/C9H18N2S3/c1-12-9-7-10-6-8(9)11-2-4-13-14-5-3-11/h8-10H,2-7H2,1H3. The molecule has 1 N–H and O–H groups in total.